The molecule has 0 unspecified atom stereocenters. The van der Waals surface area contributed by atoms with Crippen LogP contribution in [0.4, 0.5) is 17.3 Å². The number of aromatic nitrogens is 3. The molecule has 6 nitrogen and oxygen atoms in total. The highest BCUT2D eigenvalue weighted by Gasteiger charge is 2.09. The van der Waals surface area contributed by atoms with Crippen molar-refractivity contribution in [2.24, 2.45) is 5.18 Å². The molecule has 0 aliphatic carbocycles. The zero-order valence-electron chi connectivity index (χ0n) is 12.1. The van der Waals surface area contributed by atoms with Crippen molar-refractivity contribution >= 4 is 28.7 Å². The second kappa shape index (κ2) is 5.98. The molecule has 0 amide bonds. The number of rotatable bonds is 4. The van der Waals surface area contributed by atoms with Gasteiger partial charge in [0.25, 0.3) is 0 Å². The largest absolute Gasteiger partial charge is 0.324 e. The van der Waals surface area contributed by atoms with E-state index in [0.717, 1.165) is 16.4 Å². The Hall–Kier alpha value is -2.67. The van der Waals surface area contributed by atoms with Crippen LogP contribution in [-0.4, -0.2) is 15.0 Å². The van der Waals surface area contributed by atoms with Crippen molar-refractivity contribution in [3.8, 4) is 10.7 Å². The van der Waals surface area contributed by atoms with Gasteiger partial charge >= 0.3 is 0 Å². The topological polar surface area (TPSA) is 80.1 Å². The molecule has 2 aromatic heterocycles. The molecule has 0 fully saturated rings. The first-order chi connectivity index (χ1) is 10.7. The van der Waals surface area contributed by atoms with Crippen LogP contribution in [0.2, 0.25) is 0 Å². The van der Waals surface area contributed by atoms with Gasteiger partial charge in [-0.2, -0.15) is 0 Å². The van der Waals surface area contributed by atoms with Crippen LogP contribution < -0.4 is 5.32 Å². The molecule has 1 aromatic carbocycles. The van der Waals surface area contributed by atoms with E-state index in [-0.39, 0.29) is 0 Å². The molecule has 0 saturated carbocycles. The number of benzene rings is 1. The van der Waals surface area contributed by atoms with E-state index in [0.29, 0.717) is 17.3 Å². The lowest BCUT2D eigenvalue weighted by Crippen LogP contribution is -1.97. The molecule has 22 heavy (non-hydrogen) atoms. The van der Waals surface area contributed by atoms with Crippen LogP contribution >= 0.6 is 11.3 Å². The Morgan fingerprint density at radius 1 is 1.18 bits per heavy atom. The molecule has 0 spiro atoms. The van der Waals surface area contributed by atoms with Gasteiger partial charge in [-0.25, -0.2) is 15.0 Å². The molecule has 0 radical (unpaired) electrons. The summed E-state index contributed by atoms with van der Waals surface area (Å²) < 4.78 is 0. The number of anilines is 2. The minimum atomic E-state index is 0.354. The SMILES string of the molecule is Cc1nc(-c2ccnc(Nc3cccc(N=O)c3)n2)sc1C. The fraction of sp³-hybridized carbons (Fsp3) is 0.133. The van der Waals surface area contributed by atoms with Crippen LogP contribution in [0.3, 0.4) is 0 Å². The predicted octanol–water partition coefficient (Wildman–Crippen LogP) is 4.36. The van der Waals surface area contributed by atoms with Crippen LogP contribution in [0.5, 0.6) is 0 Å². The second-order valence-electron chi connectivity index (χ2n) is 4.69. The highest BCUT2D eigenvalue weighted by atomic mass is 32.1. The van der Waals surface area contributed by atoms with Gasteiger partial charge in [0.2, 0.25) is 5.95 Å². The maximum absolute atomic E-state index is 10.6. The van der Waals surface area contributed by atoms with Gasteiger partial charge in [-0.3, -0.25) is 0 Å². The van der Waals surface area contributed by atoms with Crippen molar-refractivity contribution in [3.05, 3.63) is 52.0 Å². The van der Waals surface area contributed by atoms with E-state index in [1.54, 1.807) is 35.7 Å². The molecule has 3 rings (SSSR count). The zero-order valence-corrected chi connectivity index (χ0v) is 12.9. The number of thiazole rings is 1. The minimum absolute atomic E-state index is 0.354. The summed E-state index contributed by atoms with van der Waals surface area (Å²) in [6.07, 6.45) is 1.68. The number of aryl methyl sites for hydroxylation is 2. The van der Waals surface area contributed by atoms with E-state index in [4.69, 9.17) is 0 Å². The van der Waals surface area contributed by atoms with Gasteiger partial charge in [-0.15, -0.1) is 16.2 Å². The van der Waals surface area contributed by atoms with Gasteiger partial charge < -0.3 is 5.32 Å². The highest BCUT2D eigenvalue weighted by Crippen LogP contribution is 2.27. The number of nitroso groups, excluding NO2 is 1. The summed E-state index contributed by atoms with van der Waals surface area (Å²) in [6, 6.07) is 8.67. The second-order valence-corrected chi connectivity index (χ2v) is 5.90. The van der Waals surface area contributed by atoms with E-state index < -0.39 is 0 Å². The van der Waals surface area contributed by atoms with Crippen LogP contribution in [0.25, 0.3) is 10.7 Å². The van der Waals surface area contributed by atoms with Crippen LogP contribution in [0.1, 0.15) is 10.6 Å². The number of nitrogens with one attached hydrogen (secondary N) is 1. The fourth-order valence-corrected chi connectivity index (χ4v) is 2.77. The van der Waals surface area contributed by atoms with E-state index in [1.807, 2.05) is 26.0 Å². The minimum Gasteiger partial charge on any atom is -0.324 e. The summed E-state index contributed by atoms with van der Waals surface area (Å²) in [5.74, 6) is 0.450. The lowest BCUT2D eigenvalue weighted by molar-refractivity contribution is 1.15. The van der Waals surface area contributed by atoms with Gasteiger partial charge in [-0.05, 0) is 43.3 Å². The zero-order chi connectivity index (χ0) is 15.5. The molecule has 0 aliphatic heterocycles. The Labute approximate surface area is 131 Å². The highest BCUT2D eigenvalue weighted by molar-refractivity contribution is 7.15. The predicted molar refractivity (Wildman–Crippen MR) is 87.8 cm³/mol. The van der Waals surface area contributed by atoms with Crippen molar-refractivity contribution in [1.82, 2.24) is 15.0 Å². The summed E-state index contributed by atoms with van der Waals surface area (Å²) in [7, 11) is 0. The Balaban J connectivity index is 1.89. The molecule has 0 atom stereocenters. The van der Waals surface area contributed by atoms with E-state index in [9.17, 15) is 4.91 Å². The first kappa shape index (κ1) is 14.3. The van der Waals surface area contributed by atoms with Crippen LogP contribution in [-0.2, 0) is 0 Å². The molecular weight excluding hydrogens is 298 g/mol. The number of hydrogen-bond donors (Lipinski definition) is 1. The summed E-state index contributed by atoms with van der Waals surface area (Å²) >= 11 is 1.60. The van der Waals surface area contributed by atoms with Gasteiger partial charge in [0, 0.05) is 16.8 Å². The molecule has 0 saturated heterocycles. The van der Waals surface area contributed by atoms with E-state index in [1.165, 1.54) is 4.88 Å². The molecule has 7 heteroatoms. The maximum Gasteiger partial charge on any atom is 0.227 e. The van der Waals surface area contributed by atoms with Crippen molar-refractivity contribution in [1.29, 1.82) is 0 Å². The number of hydrogen-bond acceptors (Lipinski definition) is 7. The average Bonchev–Trinajstić information content (AvgIpc) is 2.87. The van der Waals surface area contributed by atoms with Crippen LogP contribution in [0, 0.1) is 18.8 Å². The monoisotopic (exact) mass is 311 g/mol. The molecule has 110 valence electrons. The van der Waals surface area contributed by atoms with E-state index >= 15 is 0 Å². The smallest absolute Gasteiger partial charge is 0.227 e. The fourth-order valence-electron chi connectivity index (χ4n) is 1.89. The van der Waals surface area contributed by atoms with Crippen molar-refractivity contribution < 1.29 is 0 Å². The van der Waals surface area contributed by atoms with Crippen LogP contribution in [0.15, 0.2) is 41.7 Å². The van der Waals surface area contributed by atoms with Gasteiger partial charge in [-0.1, -0.05) is 6.07 Å². The molecule has 0 bridgehead atoms. The summed E-state index contributed by atoms with van der Waals surface area (Å²) in [5.41, 5.74) is 2.84. The molecule has 2 heterocycles. The first-order valence-corrected chi connectivity index (χ1v) is 7.45. The maximum atomic E-state index is 10.6. The standard InChI is InChI=1S/C15H13N5OS/c1-9-10(2)22-14(17-9)13-6-7-16-15(19-13)18-11-4-3-5-12(8-11)20-21/h3-8H,1-2H3,(H,16,18,19). The molecule has 3 aromatic rings. The third-order valence-corrected chi connectivity index (χ3v) is 4.21. The lowest BCUT2D eigenvalue weighted by atomic mass is 10.3. The Morgan fingerprint density at radius 3 is 2.77 bits per heavy atom. The van der Waals surface area contributed by atoms with E-state index in [2.05, 4.69) is 25.4 Å². The van der Waals surface area contributed by atoms with Gasteiger partial charge in [0.1, 0.15) is 16.4 Å². The lowest BCUT2D eigenvalue weighted by Gasteiger charge is -2.05. The quantitative estimate of drug-likeness (QED) is 0.724. The van der Waals surface area contributed by atoms with Gasteiger partial charge in [0.05, 0.1) is 5.69 Å². The summed E-state index contributed by atoms with van der Waals surface area (Å²) in [5, 5.41) is 6.84. The number of nitrogens with zero attached hydrogens (tertiary/aromatic N) is 4. The third-order valence-electron chi connectivity index (χ3n) is 3.11. The third kappa shape index (κ3) is 2.99. The van der Waals surface area contributed by atoms with Crippen molar-refractivity contribution in [2.75, 3.05) is 5.32 Å². The Kier molecular flexibility index (Phi) is 3.88. The van der Waals surface area contributed by atoms with Gasteiger partial charge in [0.15, 0.2) is 0 Å². The molecule has 1 N–H and O–H groups in total. The Bertz CT molecular complexity index is 811. The molecule has 0 aliphatic rings. The normalized spacial score (nSPS) is 10.5. The summed E-state index contributed by atoms with van der Waals surface area (Å²) in [6.45, 7) is 4.02. The first-order valence-electron chi connectivity index (χ1n) is 6.63. The average molecular weight is 311 g/mol. The Morgan fingerprint density at radius 2 is 2.05 bits per heavy atom. The van der Waals surface area contributed by atoms with Crippen molar-refractivity contribution in [2.45, 2.75) is 13.8 Å². The molecular formula is C15H13N5OS. The van der Waals surface area contributed by atoms with Crippen molar-refractivity contribution in [3.63, 3.8) is 0 Å². The summed E-state index contributed by atoms with van der Waals surface area (Å²) in [4.78, 5) is 24.9.